The molecule has 0 radical (unpaired) electrons. The molecule has 8 heteroatoms. The number of ether oxygens (including phenoxy) is 1. The van der Waals surface area contributed by atoms with E-state index in [4.69, 9.17) is 4.74 Å². The van der Waals surface area contributed by atoms with Crippen LogP contribution in [0.1, 0.15) is 42.4 Å². The van der Waals surface area contributed by atoms with Crippen molar-refractivity contribution in [3.63, 3.8) is 0 Å². The number of nitrogens with zero attached hydrogens (tertiary/aromatic N) is 1. The predicted molar refractivity (Wildman–Crippen MR) is 172 cm³/mol. The number of anilines is 1. The lowest BCUT2D eigenvalue weighted by Crippen LogP contribution is -2.39. The van der Waals surface area contributed by atoms with E-state index in [-0.39, 0.29) is 40.0 Å². The average Bonchev–Trinajstić information content (AvgIpc) is 3.31. The van der Waals surface area contributed by atoms with Crippen LogP contribution in [0.5, 0.6) is 11.5 Å². The maximum atomic E-state index is 14.1. The van der Waals surface area contributed by atoms with E-state index in [0.29, 0.717) is 41.2 Å². The number of aromatic hydroxyl groups is 1. The maximum Gasteiger partial charge on any atom is 0.238 e. The molecule has 0 aromatic heterocycles. The zero-order chi connectivity index (χ0) is 31.4. The van der Waals surface area contributed by atoms with E-state index in [1.54, 1.807) is 24.3 Å². The summed E-state index contributed by atoms with van der Waals surface area (Å²) in [5.41, 5.74) is 4.45. The third-order valence-electron chi connectivity index (χ3n) is 9.50. The number of Topliss-reactive ketones (excluding diaryl/α,β-unsaturated/α-hetero) is 1. The molecule has 0 saturated carbocycles. The van der Waals surface area contributed by atoms with Crippen molar-refractivity contribution in [1.29, 1.82) is 0 Å². The Labute approximate surface area is 269 Å². The fourth-order valence-electron chi connectivity index (χ4n) is 7.30. The van der Waals surface area contributed by atoms with Crippen molar-refractivity contribution in [3.8, 4) is 11.5 Å². The molecule has 4 atom stereocenters. The molecule has 4 aliphatic rings. The van der Waals surface area contributed by atoms with E-state index in [2.05, 4.69) is 15.9 Å². The van der Waals surface area contributed by atoms with Gasteiger partial charge in [0, 0.05) is 34.8 Å². The summed E-state index contributed by atoms with van der Waals surface area (Å²) < 4.78 is 6.08. The molecule has 4 unspecified atom stereocenters. The SMILES string of the molecule is CCc1ccc(N2C(=O)C3CC=C4C(c5ccc(OCc6ccccc6)cc5O)C5=C(CC4C3C2=O)C(=O)C(Br)=CC5=O)cc1. The lowest BCUT2D eigenvalue weighted by atomic mass is 9.59. The van der Waals surface area contributed by atoms with Gasteiger partial charge >= 0.3 is 0 Å². The second-order valence-electron chi connectivity index (χ2n) is 11.9. The number of fused-ring (bicyclic) bond motifs is 3. The van der Waals surface area contributed by atoms with Gasteiger partial charge in [-0.3, -0.25) is 24.1 Å². The summed E-state index contributed by atoms with van der Waals surface area (Å²) in [5, 5.41) is 11.4. The molecule has 1 saturated heterocycles. The molecular formula is C37H30BrNO6. The maximum absolute atomic E-state index is 14.1. The number of rotatable bonds is 6. The molecule has 3 aromatic carbocycles. The number of ketones is 2. The van der Waals surface area contributed by atoms with Crippen LogP contribution in [0.2, 0.25) is 0 Å². The molecule has 1 aliphatic heterocycles. The Morgan fingerprint density at radius 3 is 2.38 bits per heavy atom. The van der Waals surface area contributed by atoms with Gasteiger partial charge in [-0.05, 0) is 70.4 Å². The summed E-state index contributed by atoms with van der Waals surface area (Å²) in [6.45, 7) is 2.35. The van der Waals surface area contributed by atoms with Gasteiger partial charge in [0.1, 0.15) is 18.1 Å². The quantitative estimate of drug-likeness (QED) is 0.184. The van der Waals surface area contributed by atoms with Crippen molar-refractivity contribution in [2.45, 2.75) is 38.7 Å². The van der Waals surface area contributed by atoms with Crippen LogP contribution in [-0.2, 0) is 32.2 Å². The van der Waals surface area contributed by atoms with Crippen LogP contribution < -0.4 is 9.64 Å². The largest absolute Gasteiger partial charge is 0.507 e. The van der Waals surface area contributed by atoms with Gasteiger partial charge in [0.25, 0.3) is 0 Å². The van der Waals surface area contributed by atoms with Crippen molar-refractivity contribution >= 4 is 45.0 Å². The van der Waals surface area contributed by atoms with E-state index < -0.39 is 23.7 Å². The van der Waals surface area contributed by atoms with Crippen LogP contribution in [0.15, 0.2) is 106 Å². The normalized spacial score (nSPS) is 24.2. The molecule has 1 N–H and O–H groups in total. The zero-order valence-electron chi connectivity index (χ0n) is 24.5. The van der Waals surface area contributed by atoms with Crippen molar-refractivity contribution in [1.82, 2.24) is 0 Å². The average molecular weight is 665 g/mol. The van der Waals surface area contributed by atoms with Crippen LogP contribution in [-0.4, -0.2) is 28.5 Å². The number of amides is 2. The third-order valence-corrected chi connectivity index (χ3v) is 10.1. The van der Waals surface area contributed by atoms with Crippen molar-refractivity contribution < 1.29 is 29.0 Å². The number of carbonyl (C=O) groups excluding carboxylic acids is 4. The second-order valence-corrected chi connectivity index (χ2v) is 12.8. The number of allylic oxidation sites excluding steroid dienone is 6. The van der Waals surface area contributed by atoms with Crippen molar-refractivity contribution in [2.24, 2.45) is 17.8 Å². The Balaban J connectivity index is 1.27. The smallest absolute Gasteiger partial charge is 0.238 e. The minimum Gasteiger partial charge on any atom is -0.507 e. The zero-order valence-corrected chi connectivity index (χ0v) is 26.1. The van der Waals surface area contributed by atoms with E-state index in [1.165, 1.54) is 17.0 Å². The van der Waals surface area contributed by atoms with Gasteiger partial charge < -0.3 is 9.84 Å². The highest BCUT2D eigenvalue weighted by Crippen LogP contribution is 2.56. The second kappa shape index (κ2) is 11.4. The summed E-state index contributed by atoms with van der Waals surface area (Å²) in [6, 6.07) is 22.1. The molecule has 45 heavy (non-hydrogen) atoms. The molecule has 7 nitrogen and oxygen atoms in total. The van der Waals surface area contributed by atoms with Crippen LogP contribution >= 0.6 is 15.9 Å². The first kappa shape index (κ1) is 29.2. The first-order valence-electron chi connectivity index (χ1n) is 15.1. The van der Waals surface area contributed by atoms with Crippen LogP contribution in [0.4, 0.5) is 5.69 Å². The third kappa shape index (κ3) is 4.88. The summed E-state index contributed by atoms with van der Waals surface area (Å²) in [5.74, 6) is -3.33. The van der Waals surface area contributed by atoms with Crippen LogP contribution in [0.3, 0.4) is 0 Å². The summed E-state index contributed by atoms with van der Waals surface area (Å²) in [7, 11) is 0. The molecule has 7 rings (SSSR count). The van der Waals surface area contributed by atoms with Crippen molar-refractivity contribution in [2.75, 3.05) is 4.90 Å². The fourth-order valence-corrected chi connectivity index (χ4v) is 7.74. The van der Waals surface area contributed by atoms with Gasteiger partial charge in [-0.25, -0.2) is 0 Å². The standard InChI is InChI=1S/C37H30BrNO6/c1-2-20-8-10-22(11-9-20)39-36(43)26-15-14-24-27(33(26)37(39)44)17-28-34(31(41)18-29(38)35(28)42)32(24)25-13-12-23(16-30(25)40)45-19-21-6-4-3-5-7-21/h3-14,16,18,26-27,32-33,40H,2,15,17,19H2,1H3. The molecule has 3 aromatic rings. The van der Waals surface area contributed by atoms with Crippen LogP contribution in [0, 0.1) is 17.8 Å². The highest BCUT2D eigenvalue weighted by Gasteiger charge is 2.56. The highest BCUT2D eigenvalue weighted by atomic mass is 79.9. The molecule has 1 fully saturated rings. The molecule has 0 bridgehead atoms. The number of benzene rings is 3. The van der Waals surface area contributed by atoms with Gasteiger partial charge in [-0.2, -0.15) is 0 Å². The van der Waals surface area contributed by atoms with Gasteiger partial charge in [0.15, 0.2) is 11.6 Å². The minimum atomic E-state index is -0.753. The number of imide groups is 1. The summed E-state index contributed by atoms with van der Waals surface area (Å²) in [4.78, 5) is 56.1. The van der Waals surface area contributed by atoms with E-state index in [0.717, 1.165) is 23.1 Å². The van der Waals surface area contributed by atoms with Gasteiger partial charge in [-0.1, -0.05) is 67.1 Å². The van der Waals surface area contributed by atoms with E-state index in [1.807, 2.05) is 55.5 Å². The Bertz CT molecular complexity index is 1860. The summed E-state index contributed by atoms with van der Waals surface area (Å²) in [6.07, 6.45) is 4.54. The van der Waals surface area contributed by atoms with Crippen LogP contribution in [0.25, 0.3) is 0 Å². The molecule has 0 spiro atoms. The number of phenols is 1. The number of hydrogen-bond acceptors (Lipinski definition) is 6. The monoisotopic (exact) mass is 663 g/mol. The van der Waals surface area contributed by atoms with Gasteiger partial charge in [-0.15, -0.1) is 0 Å². The highest BCUT2D eigenvalue weighted by molar-refractivity contribution is 9.12. The Morgan fingerprint density at radius 1 is 0.911 bits per heavy atom. The number of phenolic OH excluding ortho intramolecular Hbond substituents is 1. The van der Waals surface area contributed by atoms with E-state index >= 15 is 0 Å². The van der Waals surface area contributed by atoms with Crippen molar-refractivity contribution in [3.05, 3.63) is 123 Å². The van der Waals surface area contributed by atoms with Gasteiger partial charge in [0.05, 0.1) is 22.0 Å². The lowest BCUT2D eigenvalue weighted by molar-refractivity contribution is -0.123. The molecule has 226 valence electrons. The Kier molecular flexibility index (Phi) is 7.40. The minimum absolute atomic E-state index is 0.0820. The van der Waals surface area contributed by atoms with E-state index in [9.17, 15) is 24.3 Å². The molecule has 3 aliphatic carbocycles. The number of hydrogen-bond donors (Lipinski definition) is 1. The molecular weight excluding hydrogens is 634 g/mol. The Morgan fingerprint density at radius 2 is 1.67 bits per heavy atom. The predicted octanol–water partition coefficient (Wildman–Crippen LogP) is 6.50. The first-order valence-corrected chi connectivity index (χ1v) is 15.9. The van der Waals surface area contributed by atoms with Gasteiger partial charge in [0.2, 0.25) is 11.8 Å². The topological polar surface area (TPSA) is 101 Å². The first-order chi connectivity index (χ1) is 21.8. The summed E-state index contributed by atoms with van der Waals surface area (Å²) >= 11 is 3.26. The fraction of sp³-hybridized carbons (Fsp3) is 0.243. The number of halogens is 1. The number of carbonyl (C=O) groups is 4. The number of aryl methyl sites for hydroxylation is 1. The Hall–Kier alpha value is -4.56. The molecule has 2 amide bonds. The lowest BCUT2D eigenvalue weighted by Gasteiger charge is -2.42. The molecule has 1 heterocycles.